The lowest BCUT2D eigenvalue weighted by Crippen LogP contribution is -2.38. The van der Waals surface area contributed by atoms with Gasteiger partial charge in [-0.15, -0.1) is 5.10 Å². The Hall–Kier alpha value is -3.33. The van der Waals surface area contributed by atoms with E-state index in [0.717, 1.165) is 49.6 Å². The summed E-state index contributed by atoms with van der Waals surface area (Å²) in [5.41, 5.74) is 2.96. The van der Waals surface area contributed by atoms with Crippen molar-refractivity contribution >= 4 is 11.7 Å². The van der Waals surface area contributed by atoms with Gasteiger partial charge < -0.3 is 15.5 Å². The molecule has 34 heavy (non-hydrogen) atoms. The van der Waals surface area contributed by atoms with Gasteiger partial charge in [0.1, 0.15) is 5.82 Å². The number of hydrogen-bond donors (Lipinski definition) is 2. The molecule has 8 nitrogen and oxygen atoms in total. The van der Waals surface area contributed by atoms with E-state index >= 15 is 0 Å². The summed E-state index contributed by atoms with van der Waals surface area (Å²) < 4.78 is 14.8. The van der Waals surface area contributed by atoms with Gasteiger partial charge in [-0.1, -0.05) is 24.3 Å². The summed E-state index contributed by atoms with van der Waals surface area (Å²) in [5, 5.41) is 17.4. The van der Waals surface area contributed by atoms with Crippen molar-refractivity contribution < 1.29 is 9.18 Å². The van der Waals surface area contributed by atoms with Crippen molar-refractivity contribution in [3.8, 4) is 0 Å². The van der Waals surface area contributed by atoms with Crippen LogP contribution in [0.5, 0.6) is 0 Å². The standard InChI is InChI=1S/C25H32FN7O/c1-32-24(29-30-31-32)17-20-5-2-7-23(16-20)28-25(34)27-12-4-14-33-13-3-6-21(18-33)15-19-8-10-22(26)11-9-19/h2,5,7-11,16,21H,3-4,6,12-15,17-18H2,1H3,(H2,27,28,34)/t21-/m0/s1. The van der Waals surface area contributed by atoms with Gasteiger partial charge in [-0.25, -0.2) is 13.9 Å². The third-order valence-corrected chi connectivity index (χ3v) is 6.23. The number of likely N-dealkylation sites (tertiary alicyclic amines) is 1. The van der Waals surface area contributed by atoms with E-state index in [4.69, 9.17) is 0 Å². The van der Waals surface area contributed by atoms with Gasteiger partial charge in [0.2, 0.25) is 0 Å². The van der Waals surface area contributed by atoms with Crippen LogP contribution in [0.1, 0.15) is 36.2 Å². The summed E-state index contributed by atoms with van der Waals surface area (Å²) in [5.74, 6) is 1.18. The highest BCUT2D eigenvalue weighted by molar-refractivity contribution is 5.89. The number of benzene rings is 2. The first kappa shape index (κ1) is 23.8. The number of aryl methyl sites for hydroxylation is 1. The molecule has 1 aromatic heterocycles. The number of piperidine rings is 1. The maximum atomic E-state index is 13.1. The van der Waals surface area contributed by atoms with Crippen LogP contribution in [0.3, 0.4) is 0 Å². The number of anilines is 1. The number of carbonyl (C=O) groups excluding carboxylic acids is 1. The molecule has 0 unspecified atom stereocenters. The zero-order valence-electron chi connectivity index (χ0n) is 19.6. The minimum Gasteiger partial charge on any atom is -0.338 e. The average molecular weight is 466 g/mol. The monoisotopic (exact) mass is 465 g/mol. The molecule has 0 aliphatic carbocycles. The van der Waals surface area contributed by atoms with E-state index in [-0.39, 0.29) is 11.8 Å². The highest BCUT2D eigenvalue weighted by atomic mass is 19.1. The molecular formula is C25H32FN7O. The second-order valence-electron chi connectivity index (χ2n) is 8.97. The quantitative estimate of drug-likeness (QED) is 0.473. The molecule has 1 aliphatic rings. The van der Waals surface area contributed by atoms with Crippen LogP contribution in [-0.4, -0.2) is 57.3 Å². The number of carbonyl (C=O) groups is 1. The Labute approximate surface area is 199 Å². The predicted molar refractivity (Wildman–Crippen MR) is 129 cm³/mol. The molecule has 0 bridgehead atoms. The van der Waals surface area contributed by atoms with Crippen molar-refractivity contribution in [3.63, 3.8) is 0 Å². The van der Waals surface area contributed by atoms with E-state index in [1.54, 1.807) is 23.9 Å². The molecule has 4 rings (SSSR count). The maximum absolute atomic E-state index is 13.1. The Kier molecular flexibility index (Phi) is 8.19. The fourth-order valence-corrected chi connectivity index (χ4v) is 4.49. The molecule has 2 heterocycles. The number of nitrogens with one attached hydrogen (secondary N) is 2. The first-order valence-electron chi connectivity index (χ1n) is 11.9. The summed E-state index contributed by atoms with van der Waals surface area (Å²) in [6.45, 7) is 3.73. The third kappa shape index (κ3) is 7.08. The Morgan fingerprint density at radius 1 is 1.18 bits per heavy atom. The molecule has 2 aromatic carbocycles. The normalized spacial score (nSPS) is 16.4. The van der Waals surface area contributed by atoms with E-state index < -0.39 is 0 Å². The fraction of sp³-hybridized carbons (Fsp3) is 0.440. The van der Waals surface area contributed by atoms with Crippen molar-refractivity contribution in [2.45, 2.75) is 32.1 Å². The van der Waals surface area contributed by atoms with E-state index in [9.17, 15) is 9.18 Å². The van der Waals surface area contributed by atoms with Gasteiger partial charge in [0.15, 0.2) is 5.82 Å². The molecule has 9 heteroatoms. The zero-order valence-corrected chi connectivity index (χ0v) is 19.6. The highest BCUT2D eigenvalue weighted by Crippen LogP contribution is 2.21. The van der Waals surface area contributed by atoms with Gasteiger partial charge in [0, 0.05) is 32.2 Å². The summed E-state index contributed by atoms with van der Waals surface area (Å²) in [7, 11) is 1.81. The number of rotatable bonds is 9. The topological polar surface area (TPSA) is 88.0 Å². The SMILES string of the molecule is Cn1nnnc1Cc1cccc(NC(=O)NCCCN2CCC[C@@H](Cc3ccc(F)cc3)C2)c1. The van der Waals surface area contributed by atoms with Crippen LogP contribution >= 0.6 is 0 Å². The summed E-state index contributed by atoms with van der Waals surface area (Å²) in [4.78, 5) is 14.8. The first-order chi connectivity index (χ1) is 16.5. The lowest BCUT2D eigenvalue weighted by atomic mass is 9.91. The Morgan fingerprint density at radius 3 is 2.82 bits per heavy atom. The smallest absolute Gasteiger partial charge is 0.319 e. The van der Waals surface area contributed by atoms with Crippen LogP contribution in [0.15, 0.2) is 48.5 Å². The van der Waals surface area contributed by atoms with E-state index in [1.807, 2.05) is 36.4 Å². The molecule has 1 fully saturated rings. The van der Waals surface area contributed by atoms with Crippen LogP contribution in [0, 0.1) is 11.7 Å². The lowest BCUT2D eigenvalue weighted by Gasteiger charge is -2.32. The minimum absolute atomic E-state index is 0.183. The minimum atomic E-state index is -0.203. The molecule has 0 spiro atoms. The number of urea groups is 1. The molecule has 1 saturated heterocycles. The molecule has 3 aromatic rings. The molecule has 2 N–H and O–H groups in total. The van der Waals surface area contributed by atoms with Crippen LogP contribution in [0.25, 0.3) is 0 Å². The molecule has 0 radical (unpaired) electrons. The summed E-state index contributed by atoms with van der Waals surface area (Å²) in [6.07, 6.45) is 4.87. The van der Waals surface area contributed by atoms with Gasteiger partial charge >= 0.3 is 6.03 Å². The van der Waals surface area contributed by atoms with Crippen molar-refractivity contribution in [3.05, 3.63) is 71.3 Å². The Bertz CT molecular complexity index is 1070. The van der Waals surface area contributed by atoms with Crippen molar-refractivity contribution in [1.82, 2.24) is 30.4 Å². The van der Waals surface area contributed by atoms with Gasteiger partial charge in [-0.2, -0.15) is 0 Å². The number of aromatic nitrogens is 4. The fourth-order valence-electron chi connectivity index (χ4n) is 4.49. The number of halogens is 1. The second kappa shape index (κ2) is 11.7. The third-order valence-electron chi connectivity index (χ3n) is 6.23. The lowest BCUT2D eigenvalue weighted by molar-refractivity contribution is 0.172. The molecule has 0 saturated carbocycles. The highest BCUT2D eigenvalue weighted by Gasteiger charge is 2.20. The summed E-state index contributed by atoms with van der Waals surface area (Å²) >= 11 is 0. The number of amides is 2. The van der Waals surface area contributed by atoms with Gasteiger partial charge in [-0.3, -0.25) is 0 Å². The average Bonchev–Trinajstić information content (AvgIpc) is 3.23. The predicted octanol–water partition coefficient (Wildman–Crippen LogP) is 3.41. The van der Waals surface area contributed by atoms with E-state index in [2.05, 4.69) is 31.1 Å². The second-order valence-corrected chi connectivity index (χ2v) is 8.97. The van der Waals surface area contributed by atoms with E-state index in [0.29, 0.717) is 18.9 Å². The number of hydrogen-bond acceptors (Lipinski definition) is 5. The maximum Gasteiger partial charge on any atom is 0.319 e. The van der Waals surface area contributed by atoms with Gasteiger partial charge in [0.05, 0.1) is 0 Å². The molecule has 2 amide bonds. The molecule has 1 atom stereocenters. The van der Waals surface area contributed by atoms with E-state index in [1.165, 1.54) is 18.4 Å². The number of tetrazole rings is 1. The van der Waals surface area contributed by atoms with Gasteiger partial charge in [-0.05, 0) is 90.5 Å². The zero-order chi connectivity index (χ0) is 23.8. The Morgan fingerprint density at radius 2 is 2.03 bits per heavy atom. The first-order valence-corrected chi connectivity index (χ1v) is 11.9. The van der Waals surface area contributed by atoms with Crippen molar-refractivity contribution in [1.29, 1.82) is 0 Å². The largest absolute Gasteiger partial charge is 0.338 e. The van der Waals surface area contributed by atoms with Crippen LogP contribution in [0.2, 0.25) is 0 Å². The van der Waals surface area contributed by atoms with Crippen molar-refractivity contribution in [2.75, 3.05) is 31.5 Å². The van der Waals surface area contributed by atoms with Crippen LogP contribution in [-0.2, 0) is 19.9 Å². The molecule has 1 aliphatic heterocycles. The molecule has 180 valence electrons. The molecular weight excluding hydrogens is 433 g/mol. The summed E-state index contributed by atoms with van der Waals surface area (Å²) in [6, 6.07) is 14.4. The Balaban J connectivity index is 1.15. The van der Waals surface area contributed by atoms with Gasteiger partial charge in [0.25, 0.3) is 0 Å². The van der Waals surface area contributed by atoms with Crippen LogP contribution < -0.4 is 10.6 Å². The van der Waals surface area contributed by atoms with Crippen LogP contribution in [0.4, 0.5) is 14.9 Å². The number of nitrogens with zero attached hydrogens (tertiary/aromatic N) is 5. The van der Waals surface area contributed by atoms with Crippen molar-refractivity contribution in [2.24, 2.45) is 13.0 Å².